The van der Waals surface area contributed by atoms with E-state index in [-0.39, 0.29) is 12.3 Å². The Labute approximate surface area is 143 Å². The quantitative estimate of drug-likeness (QED) is 0.765. The predicted octanol–water partition coefficient (Wildman–Crippen LogP) is 3.66. The first-order valence-electron chi connectivity index (χ1n) is 7.41. The molecule has 0 fully saturated rings. The van der Waals surface area contributed by atoms with Crippen molar-refractivity contribution in [2.45, 2.75) is 19.8 Å². The number of aryl methyl sites for hydroxylation is 2. The maximum absolute atomic E-state index is 12.0. The van der Waals surface area contributed by atoms with Crippen molar-refractivity contribution in [1.82, 2.24) is 15.1 Å². The average molecular weight is 343 g/mol. The van der Waals surface area contributed by atoms with E-state index < -0.39 is 0 Å². The van der Waals surface area contributed by atoms with Crippen LogP contribution in [0.2, 0.25) is 5.02 Å². The minimum atomic E-state index is -0.127. The fourth-order valence-corrected chi connectivity index (χ4v) is 2.25. The molecule has 7 heteroatoms. The van der Waals surface area contributed by atoms with E-state index in [1.54, 1.807) is 30.6 Å². The second-order valence-corrected chi connectivity index (χ2v) is 5.67. The monoisotopic (exact) mass is 342 g/mol. The molecule has 3 rings (SSSR count). The number of pyridine rings is 1. The maximum Gasteiger partial charge on any atom is 0.227 e. The third-order valence-electron chi connectivity index (χ3n) is 3.40. The summed E-state index contributed by atoms with van der Waals surface area (Å²) in [5.41, 5.74) is 2.39. The number of halogens is 1. The molecule has 6 nitrogen and oxygen atoms in total. The molecule has 2 aromatic heterocycles. The third kappa shape index (κ3) is 3.97. The molecule has 0 bridgehead atoms. The van der Waals surface area contributed by atoms with Crippen LogP contribution in [0.5, 0.6) is 0 Å². The molecule has 0 spiro atoms. The Morgan fingerprint density at radius 1 is 1.33 bits per heavy atom. The van der Waals surface area contributed by atoms with Gasteiger partial charge in [0.2, 0.25) is 17.6 Å². The zero-order valence-corrected chi connectivity index (χ0v) is 13.7. The van der Waals surface area contributed by atoms with Crippen LogP contribution in [0, 0.1) is 6.92 Å². The summed E-state index contributed by atoms with van der Waals surface area (Å²) in [6.45, 7) is 1.89. The van der Waals surface area contributed by atoms with Crippen molar-refractivity contribution in [3.63, 3.8) is 0 Å². The number of aromatic nitrogens is 3. The first-order valence-corrected chi connectivity index (χ1v) is 7.78. The summed E-state index contributed by atoms with van der Waals surface area (Å²) in [6, 6.07) is 8.99. The molecule has 0 aliphatic heterocycles. The number of nitrogens with one attached hydrogen (secondary N) is 1. The zero-order chi connectivity index (χ0) is 16.9. The molecule has 1 aromatic carbocycles. The van der Waals surface area contributed by atoms with Gasteiger partial charge in [-0.2, -0.15) is 4.98 Å². The highest BCUT2D eigenvalue weighted by Crippen LogP contribution is 2.20. The molecule has 0 atom stereocenters. The van der Waals surface area contributed by atoms with Gasteiger partial charge in [-0.1, -0.05) is 16.8 Å². The number of carbonyl (C=O) groups excluding carboxylic acids is 1. The number of anilines is 1. The minimum Gasteiger partial charge on any atom is -0.339 e. The maximum atomic E-state index is 12.0. The topological polar surface area (TPSA) is 80.9 Å². The van der Waals surface area contributed by atoms with E-state index in [0.717, 1.165) is 11.1 Å². The molecule has 122 valence electrons. The Bertz CT molecular complexity index is 849. The van der Waals surface area contributed by atoms with E-state index in [1.807, 2.05) is 19.1 Å². The van der Waals surface area contributed by atoms with Crippen LogP contribution in [0.25, 0.3) is 11.4 Å². The lowest BCUT2D eigenvalue weighted by Crippen LogP contribution is -2.12. The van der Waals surface area contributed by atoms with Crippen molar-refractivity contribution < 1.29 is 9.32 Å². The second kappa shape index (κ2) is 7.23. The summed E-state index contributed by atoms with van der Waals surface area (Å²) in [4.78, 5) is 20.3. The fourth-order valence-electron chi connectivity index (χ4n) is 2.14. The Kier molecular flexibility index (Phi) is 4.86. The number of hydrogen-bond donors (Lipinski definition) is 1. The summed E-state index contributed by atoms with van der Waals surface area (Å²) < 4.78 is 5.17. The van der Waals surface area contributed by atoms with E-state index in [1.165, 1.54) is 0 Å². The lowest BCUT2D eigenvalue weighted by atomic mass is 10.2. The molecule has 24 heavy (non-hydrogen) atoms. The molecule has 2 heterocycles. The fraction of sp³-hybridized carbons (Fsp3) is 0.176. The number of hydrogen-bond acceptors (Lipinski definition) is 5. The van der Waals surface area contributed by atoms with Gasteiger partial charge in [0.05, 0.1) is 0 Å². The lowest BCUT2D eigenvalue weighted by Gasteiger charge is -2.06. The van der Waals surface area contributed by atoms with Crippen LogP contribution in [0.15, 0.2) is 47.2 Å². The summed E-state index contributed by atoms with van der Waals surface area (Å²) in [5, 5.41) is 7.39. The molecule has 0 saturated heterocycles. The summed E-state index contributed by atoms with van der Waals surface area (Å²) in [7, 11) is 0. The van der Waals surface area contributed by atoms with Crippen molar-refractivity contribution in [3.8, 4) is 11.4 Å². The van der Waals surface area contributed by atoms with Gasteiger partial charge < -0.3 is 9.84 Å². The number of carbonyl (C=O) groups is 1. The Balaban J connectivity index is 1.56. The van der Waals surface area contributed by atoms with Crippen LogP contribution in [0.4, 0.5) is 5.69 Å². The third-order valence-corrected chi connectivity index (χ3v) is 3.82. The normalized spacial score (nSPS) is 10.6. The van der Waals surface area contributed by atoms with E-state index in [2.05, 4.69) is 20.4 Å². The van der Waals surface area contributed by atoms with Crippen LogP contribution in [0.3, 0.4) is 0 Å². The Morgan fingerprint density at radius 3 is 2.96 bits per heavy atom. The summed E-state index contributed by atoms with van der Waals surface area (Å²) in [5.74, 6) is 0.751. The standard InChI is InChI=1S/C17H15ClN4O2/c1-11-9-13(4-5-14(11)18)20-15(23)6-7-16-21-17(22-24-16)12-3-2-8-19-10-12/h2-5,8-10H,6-7H2,1H3,(H,20,23). The summed E-state index contributed by atoms with van der Waals surface area (Å²) in [6.07, 6.45) is 3.94. The van der Waals surface area contributed by atoms with Gasteiger partial charge in [-0.3, -0.25) is 9.78 Å². The largest absolute Gasteiger partial charge is 0.339 e. The molecule has 0 aliphatic rings. The van der Waals surface area contributed by atoms with Crippen LogP contribution in [-0.4, -0.2) is 21.0 Å². The van der Waals surface area contributed by atoms with Crippen LogP contribution >= 0.6 is 11.6 Å². The number of amides is 1. The van der Waals surface area contributed by atoms with E-state index in [9.17, 15) is 4.79 Å². The second-order valence-electron chi connectivity index (χ2n) is 5.27. The molecule has 1 amide bonds. The zero-order valence-electron chi connectivity index (χ0n) is 13.0. The minimum absolute atomic E-state index is 0.127. The van der Waals surface area contributed by atoms with Crippen molar-refractivity contribution in [2.24, 2.45) is 0 Å². The van der Waals surface area contributed by atoms with Gasteiger partial charge in [-0.25, -0.2) is 0 Å². The van der Waals surface area contributed by atoms with Crippen LogP contribution in [0.1, 0.15) is 17.9 Å². The number of benzene rings is 1. The molecule has 0 aliphatic carbocycles. The smallest absolute Gasteiger partial charge is 0.227 e. The molecular weight excluding hydrogens is 328 g/mol. The Morgan fingerprint density at radius 2 is 2.21 bits per heavy atom. The molecular formula is C17H15ClN4O2. The van der Waals surface area contributed by atoms with Gasteiger partial charge in [-0.15, -0.1) is 0 Å². The lowest BCUT2D eigenvalue weighted by molar-refractivity contribution is -0.116. The van der Waals surface area contributed by atoms with Crippen molar-refractivity contribution in [3.05, 3.63) is 59.2 Å². The number of nitrogens with zero attached hydrogens (tertiary/aromatic N) is 3. The van der Waals surface area contributed by atoms with Gasteiger partial charge in [-0.05, 0) is 42.8 Å². The highest BCUT2D eigenvalue weighted by atomic mass is 35.5. The Hall–Kier alpha value is -2.73. The van der Waals surface area contributed by atoms with Gasteiger partial charge in [0.25, 0.3) is 0 Å². The van der Waals surface area contributed by atoms with Gasteiger partial charge in [0.1, 0.15) is 0 Å². The first-order chi connectivity index (χ1) is 11.6. The highest BCUT2D eigenvalue weighted by molar-refractivity contribution is 6.31. The van der Waals surface area contributed by atoms with Gasteiger partial charge >= 0.3 is 0 Å². The molecule has 0 saturated carbocycles. The van der Waals surface area contributed by atoms with Crippen LogP contribution in [-0.2, 0) is 11.2 Å². The van der Waals surface area contributed by atoms with Crippen molar-refractivity contribution in [2.75, 3.05) is 5.32 Å². The molecule has 3 aromatic rings. The molecule has 0 radical (unpaired) electrons. The predicted molar refractivity (Wildman–Crippen MR) is 90.7 cm³/mol. The average Bonchev–Trinajstić information content (AvgIpc) is 3.06. The van der Waals surface area contributed by atoms with Crippen molar-refractivity contribution in [1.29, 1.82) is 0 Å². The SMILES string of the molecule is Cc1cc(NC(=O)CCc2nc(-c3cccnc3)no2)ccc1Cl. The summed E-state index contributed by atoms with van der Waals surface area (Å²) >= 11 is 5.97. The van der Waals surface area contributed by atoms with Crippen LogP contribution < -0.4 is 5.32 Å². The number of rotatable bonds is 5. The van der Waals surface area contributed by atoms with E-state index in [4.69, 9.17) is 16.1 Å². The molecule has 1 N–H and O–H groups in total. The van der Waals surface area contributed by atoms with Gasteiger partial charge in [0, 0.05) is 41.5 Å². The van der Waals surface area contributed by atoms with Gasteiger partial charge in [0.15, 0.2) is 0 Å². The molecule has 0 unspecified atom stereocenters. The first kappa shape index (κ1) is 16.1. The van der Waals surface area contributed by atoms with E-state index in [0.29, 0.717) is 28.8 Å². The van der Waals surface area contributed by atoms with Crippen molar-refractivity contribution >= 4 is 23.2 Å². The highest BCUT2D eigenvalue weighted by Gasteiger charge is 2.11. The van der Waals surface area contributed by atoms with E-state index >= 15 is 0 Å².